The van der Waals surface area contributed by atoms with Crippen LogP contribution in [0.5, 0.6) is 0 Å². The fraction of sp³-hybridized carbons (Fsp3) is 0.375. The van der Waals surface area contributed by atoms with E-state index in [1.54, 1.807) is 0 Å². The van der Waals surface area contributed by atoms with E-state index in [1.807, 2.05) is 24.0 Å². The molecule has 2 aromatic rings. The molecule has 0 radical (unpaired) electrons. The molecule has 1 N–H and O–H groups in total. The molecule has 2 atom stereocenters. The van der Waals surface area contributed by atoms with Crippen LogP contribution in [0.15, 0.2) is 34.7 Å². The lowest BCUT2D eigenvalue weighted by Gasteiger charge is -2.23. The Morgan fingerprint density at radius 1 is 1.29 bits per heavy atom. The zero-order valence-corrected chi connectivity index (χ0v) is 11.7. The van der Waals surface area contributed by atoms with Gasteiger partial charge in [-0.2, -0.15) is 0 Å². The molecule has 2 unspecified atom stereocenters. The summed E-state index contributed by atoms with van der Waals surface area (Å²) in [6, 6.07) is 6.81. The zero-order valence-electron chi connectivity index (χ0n) is 11.7. The van der Waals surface area contributed by atoms with Gasteiger partial charge in [0.1, 0.15) is 23.2 Å². The van der Waals surface area contributed by atoms with Gasteiger partial charge in [0.05, 0.1) is 12.6 Å². The van der Waals surface area contributed by atoms with Crippen LogP contribution in [0.4, 0.5) is 8.78 Å². The third-order valence-electron chi connectivity index (χ3n) is 3.85. The van der Waals surface area contributed by atoms with Crippen LogP contribution in [0.2, 0.25) is 0 Å². The minimum atomic E-state index is -0.547. The molecule has 2 heterocycles. The molecule has 1 fully saturated rings. The van der Waals surface area contributed by atoms with E-state index in [4.69, 9.17) is 4.42 Å². The van der Waals surface area contributed by atoms with Gasteiger partial charge in [0.25, 0.3) is 0 Å². The molecule has 1 saturated heterocycles. The fourth-order valence-corrected chi connectivity index (χ4v) is 2.92. The summed E-state index contributed by atoms with van der Waals surface area (Å²) >= 11 is 0. The number of aliphatic hydroxyl groups excluding tert-OH is 1. The number of rotatable bonds is 3. The van der Waals surface area contributed by atoms with Gasteiger partial charge in [-0.05, 0) is 43.7 Å². The summed E-state index contributed by atoms with van der Waals surface area (Å²) in [5, 5.41) is 9.89. The maximum Gasteiger partial charge on any atom is 0.128 e. The summed E-state index contributed by atoms with van der Waals surface area (Å²) in [5.74, 6) is 0.638. The number of hydrogen-bond donors (Lipinski definition) is 1. The van der Waals surface area contributed by atoms with Crippen molar-refractivity contribution in [1.82, 2.24) is 4.90 Å². The minimum Gasteiger partial charge on any atom is -0.465 e. The highest BCUT2D eigenvalue weighted by atomic mass is 19.1. The van der Waals surface area contributed by atoms with Crippen molar-refractivity contribution < 1.29 is 18.3 Å². The van der Waals surface area contributed by atoms with Gasteiger partial charge in [0.2, 0.25) is 0 Å². The van der Waals surface area contributed by atoms with Gasteiger partial charge < -0.3 is 9.52 Å². The van der Waals surface area contributed by atoms with Crippen molar-refractivity contribution >= 4 is 0 Å². The second kappa shape index (κ2) is 5.58. The Balaban J connectivity index is 1.86. The molecule has 112 valence electrons. The molecular weight excluding hydrogens is 276 g/mol. The molecule has 0 bridgehead atoms. The number of hydrogen-bond acceptors (Lipinski definition) is 3. The SMILES string of the molecule is Cc1ccc(CN2CC(O)CC2c2cc(F)ccc2F)o1. The highest BCUT2D eigenvalue weighted by Gasteiger charge is 2.34. The Bertz CT molecular complexity index is 641. The van der Waals surface area contributed by atoms with Gasteiger partial charge in [0, 0.05) is 18.2 Å². The molecule has 1 aromatic heterocycles. The highest BCUT2D eigenvalue weighted by Crippen LogP contribution is 2.35. The zero-order chi connectivity index (χ0) is 15.0. The molecule has 1 aliphatic rings. The van der Waals surface area contributed by atoms with Crippen LogP contribution < -0.4 is 0 Å². The Morgan fingerprint density at radius 3 is 2.81 bits per heavy atom. The van der Waals surface area contributed by atoms with E-state index in [0.29, 0.717) is 19.5 Å². The van der Waals surface area contributed by atoms with Crippen molar-refractivity contribution in [1.29, 1.82) is 0 Å². The van der Waals surface area contributed by atoms with Gasteiger partial charge >= 0.3 is 0 Å². The van der Waals surface area contributed by atoms with Crippen LogP contribution in [0.3, 0.4) is 0 Å². The van der Waals surface area contributed by atoms with E-state index in [1.165, 1.54) is 6.07 Å². The van der Waals surface area contributed by atoms with E-state index in [9.17, 15) is 13.9 Å². The standard InChI is InChI=1S/C16H17F2NO2/c1-10-2-4-13(21-10)9-19-8-12(20)7-16(19)14-6-11(17)3-5-15(14)18/h2-6,12,16,20H,7-9H2,1H3. The molecule has 0 aliphatic carbocycles. The summed E-state index contributed by atoms with van der Waals surface area (Å²) in [4.78, 5) is 1.92. The van der Waals surface area contributed by atoms with E-state index in [-0.39, 0.29) is 11.6 Å². The number of halogens is 2. The normalized spacial score (nSPS) is 22.9. The number of nitrogens with zero attached hydrogens (tertiary/aromatic N) is 1. The van der Waals surface area contributed by atoms with Gasteiger partial charge in [-0.3, -0.25) is 4.90 Å². The quantitative estimate of drug-likeness (QED) is 0.944. The van der Waals surface area contributed by atoms with Crippen LogP contribution in [0, 0.1) is 18.6 Å². The van der Waals surface area contributed by atoms with Gasteiger partial charge in [-0.15, -0.1) is 0 Å². The first kappa shape index (κ1) is 14.2. The fourth-order valence-electron chi connectivity index (χ4n) is 2.92. The number of likely N-dealkylation sites (tertiary alicyclic amines) is 1. The lowest BCUT2D eigenvalue weighted by Crippen LogP contribution is -2.24. The van der Waals surface area contributed by atoms with Crippen LogP contribution in [-0.2, 0) is 6.54 Å². The topological polar surface area (TPSA) is 36.6 Å². The summed E-state index contributed by atoms with van der Waals surface area (Å²) in [5.41, 5.74) is 0.287. The second-order valence-corrected chi connectivity index (χ2v) is 5.51. The number of benzene rings is 1. The first-order valence-corrected chi connectivity index (χ1v) is 6.95. The Kier molecular flexibility index (Phi) is 3.78. The third-order valence-corrected chi connectivity index (χ3v) is 3.85. The first-order chi connectivity index (χ1) is 10.0. The van der Waals surface area contributed by atoms with Gasteiger partial charge in [0.15, 0.2) is 0 Å². The average molecular weight is 293 g/mol. The molecule has 3 nitrogen and oxygen atoms in total. The van der Waals surface area contributed by atoms with Crippen LogP contribution in [0.25, 0.3) is 0 Å². The van der Waals surface area contributed by atoms with E-state index < -0.39 is 17.7 Å². The average Bonchev–Trinajstić information content (AvgIpc) is 2.99. The maximum absolute atomic E-state index is 14.0. The monoisotopic (exact) mass is 293 g/mol. The molecule has 5 heteroatoms. The summed E-state index contributed by atoms with van der Waals surface area (Å²) < 4.78 is 32.9. The summed E-state index contributed by atoms with van der Waals surface area (Å²) in [6.07, 6.45) is -0.159. The van der Waals surface area contributed by atoms with Crippen molar-refractivity contribution in [2.75, 3.05) is 6.54 Å². The Morgan fingerprint density at radius 2 is 2.10 bits per heavy atom. The molecule has 21 heavy (non-hydrogen) atoms. The maximum atomic E-state index is 14.0. The third kappa shape index (κ3) is 2.99. The van der Waals surface area contributed by atoms with Crippen molar-refractivity contribution in [3.8, 4) is 0 Å². The lowest BCUT2D eigenvalue weighted by molar-refractivity contribution is 0.168. The molecule has 1 aromatic carbocycles. The molecule has 0 amide bonds. The largest absolute Gasteiger partial charge is 0.465 e. The van der Waals surface area contributed by atoms with E-state index >= 15 is 0 Å². The predicted octanol–water partition coefficient (Wildman–Crippen LogP) is 3.17. The van der Waals surface area contributed by atoms with E-state index in [0.717, 1.165) is 23.7 Å². The van der Waals surface area contributed by atoms with Crippen LogP contribution >= 0.6 is 0 Å². The number of aryl methyl sites for hydroxylation is 1. The minimum absolute atomic E-state index is 0.287. The van der Waals surface area contributed by atoms with Crippen molar-refractivity contribution in [2.24, 2.45) is 0 Å². The van der Waals surface area contributed by atoms with Gasteiger partial charge in [-0.1, -0.05) is 0 Å². The van der Waals surface area contributed by atoms with E-state index in [2.05, 4.69) is 0 Å². The molecule has 0 saturated carbocycles. The van der Waals surface area contributed by atoms with Gasteiger partial charge in [-0.25, -0.2) is 8.78 Å². The Labute approximate surface area is 121 Å². The molecular formula is C16H17F2NO2. The van der Waals surface area contributed by atoms with Crippen LogP contribution in [-0.4, -0.2) is 22.7 Å². The predicted molar refractivity (Wildman–Crippen MR) is 73.6 cm³/mol. The van der Waals surface area contributed by atoms with Crippen molar-refractivity contribution in [3.63, 3.8) is 0 Å². The smallest absolute Gasteiger partial charge is 0.128 e. The highest BCUT2D eigenvalue weighted by molar-refractivity contribution is 5.24. The Hall–Kier alpha value is -1.72. The molecule has 1 aliphatic heterocycles. The van der Waals surface area contributed by atoms with Crippen molar-refractivity contribution in [2.45, 2.75) is 32.0 Å². The summed E-state index contributed by atoms with van der Waals surface area (Å²) in [7, 11) is 0. The number of β-amino-alcohol motifs (C(OH)–C–C–N with tert-alkyl or cyclic N) is 1. The van der Waals surface area contributed by atoms with Crippen molar-refractivity contribution in [3.05, 3.63) is 59.1 Å². The number of aliphatic hydroxyl groups is 1. The van der Waals surface area contributed by atoms with Crippen LogP contribution in [0.1, 0.15) is 29.5 Å². The lowest BCUT2D eigenvalue weighted by atomic mass is 10.0. The second-order valence-electron chi connectivity index (χ2n) is 5.51. The summed E-state index contributed by atoms with van der Waals surface area (Å²) in [6.45, 7) is 2.73. The first-order valence-electron chi connectivity index (χ1n) is 6.95. The number of furan rings is 1. The molecule has 3 rings (SSSR count). The molecule has 0 spiro atoms.